The second kappa shape index (κ2) is 11.5. The van der Waals surface area contributed by atoms with Crippen LogP contribution in [0.3, 0.4) is 0 Å². The fraction of sp³-hybridized carbons (Fsp3) is 0.292. The molecular weight excluding hydrogens is 394 g/mol. The average molecular weight is 424 g/mol. The summed E-state index contributed by atoms with van der Waals surface area (Å²) in [6.45, 7) is 5.74. The molecule has 0 aliphatic heterocycles. The van der Waals surface area contributed by atoms with Crippen molar-refractivity contribution < 1.29 is 19.1 Å². The van der Waals surface area contributed by atoms with E-state index < -0.39 is 11.7 Å². The SMILES string of the molecule is CC(C)(C)OC(=O)NCCC(=O)Nc1ccccc1CNC(=O)/C=C/c1ccccc1. The number of hydrogen-bond acceptors (Lipinski definition) is 4. The van der Waals surface area contributed by atoms with Gasteiger partial charge in [-0.05, 0) is 44.0 Å². The Morgan fingerprint density at radius 2 is 1.61 bits per heavy atom. The van der Waals surface area contributed by atoms with Crippen molar-refractivity contribution in [2.24, 2.45) is 0 Å². The third-order valence-electron chi connectivity index (χ3n) is 3.99. The topological polar surface area (TPSA) is 96.5 Å². The van der Waals surface area contributed by atoms with Crippen LogP contribution in [0, 0.1) is 0 Å². The number of anilines is 1. The predicted octanol–water partition coefficient (Wildman–Crippen LogP) is 3.87. The first-order valence-electron chi connectivity index (χ1n) is 10.1. The van der Waals surface area contributed by atoms with E-state index in [4.69, 9.17) is 4.74 Å². The molecule has 3 N–H and O–H groups in total. The highest BCUT2D eigenvalue weighted by atomic mass is 16.6. The van der Waals surface area contributed by atoms with Gasteiger partial charge < -0.3 is 20.7 Å². The fourth-order valence-electron chi connectivity index (χ4n) is 2.58. The average Bonchev–Trinajstić information content (AvgIpc) is 2.71. The zero-order valence-corrected chi connectivity index (χ0v) is 18.1. The standard InChI is InChI=1S/C24H29N3O4/c1-24(2,3)31-23(30)25-16-15-22(29)27-20-12-8-7-11-19(20)17-26-21(28)14-13-18-9-5-4-6-10-18/h4-14H,15-17H2,1-3H3,(H,25,30)(H,26,28)(H,27,29)/b14-13+. The van der Waals surface area contributed by atoms with Crippen molar-refractivity contribution in [1.82, 2.24) is 10.6 Å². The maximum Gasteiger partial charge on any atom is 0.407 e. The molecule has 2 aromatic rings. The van der Waals surface area contributed by atoms with Crippen LogP contribution in [0.5, 0.6) is 0 Å². The minimum Gasteiger partial charge on any atom is -0.444 e. The van der Waals surface area contributed by atoms with Crippen LogP contribution >= 0.6 is 0 Å². The van der Waals surface area contributed by atoms with Crippen molar-refractivity contribution in [1.29, 1.82) is 0 Å². The van der Waals surface area contributed by atoms with E-state index in [0.717, 1.165) is 11.1 Å². The number of ether oxygens (including phenoxy) is 1. The molecule has 2 rings (SSSR count). The Bertz CT molecular complexity index is 918. The summed E-state index contributed by atoms with van der Waals surface area (Å²) in [6.07, 6.45) is 2.74. The quantitative estimate of drug-likeness (QED) is 0.562. The molecular formula is C24H29N3O4. The van der Waals surface area contributed by atoms with Gasteiger partial charge in [0.15, 0.2) is 0 Å². The van der Waals surface area contributed by atoms with E-state index >= 15 is 0 Å². The van der Waals surface area contributed by atoms with Crippen LogP contribution in [-0.2, 0) is 20.9 Å². The highest BCUT2D eigenvalue weighted by Gasteiger charge is 2.16. The molecule has 3 amide bonds. The second-order valence-corrected chi connectivity index (χ2v) is 7.85. The number of rotatable bonds is 8. The first-order valence-corrected chi connectivity index (χ1v) is 10.1. The molecule has 7 heteroatoms. The van der Waals surface area contributed by atoms with Gasteiger partial charge in [0.25, 0.3) is 0 Å². The molecule has 0 radical (unpaired) electrons. The Labute approximate surface area is 182 Å². The number of benzene rings is 2. The maximum atomic E-state index is 12.2. The first-order chi connectivity index (χ1) is 14.7. The minimum absolute atomic E-state index is 0.0970. The zero-order valence-electron chi connectivity index (χ0n) is 18.1. The zero-order chi connectivity index (χ0) is 22.7. The molecule has 7 nitrogen and oxygen atoms in total. The van der Waals surface area contributed by atoms with Crippen molar-refractivity contribution in [3.63, 3.8) is 0 Å². The summed E-state index contributed by atoms with van der Waals surface area (Å²) in [7, 11) is 0. The van der Waals surface area contributed by atoms with Crippen molar-refractivity contribution in [3.05, 3.63) is 71.8 Å². The Hall–Kier alpha value is -3.61. The monoisotopic (exact) mass is 423 g/mol. The Kier molecular flexibility index (Phi) is 8.81. The summed E-state index contributed by atoms with van der Waals surface area (Å²) in [5.74, 6) is -0.481. The molecule has 2 aromatic carbocycles. The third-order valence-corrected chi connectivity index (χ3v) is 3.99. The Morgan fingerprint density at radius 3 is 2.32 bits per heavy atom. The molecule has 0 heterocycles. The van der Waals surface area contributed by atoms with Crippen LogP contribution < -0.4 is 16.0 Å². The molecule has 31 heavy (non-hydrogen) atoms. The van der Waals surface area contributed by atoms with Gasteiger partial charge in [-0.1, -0.05) is 48.5 Å². The van der Waals surface area contributed by atoms with E-state index in [0.29, 0.717) is 5.69 Å². The summed E-state index contributed by atoms with van der Waals surface area (Å²) < 4.78 is 5.13. The highest BCUT2D eigenvalue weighted by molar-refractivity contribution is 5.93. The van der Waals surface area contributed by atoms with Gasteiger partial charge in [-0.2, -0.15) is 0 Å². The van der Waals surface area contributed by atoms with Gasteiger partial charge in [-0.25, -0.2) is 4.79 Å². The lowest BCUT2D eigenvalue weighted by molar-refractivity contribution is -0.117. The molecule has 0 bridgehead atoms. The third kappa shape index (κ3) is 9.62. The minimum atomic E-state index is -0.591. The van der Waals surface area contributed by atoms with Crippen molar-refractivity contribution in [2.45, 2.75) is 39.3 Å². The van der Waals surface area contributed by atoms with Crippen LogP contribution in [0.25, 0.3) is 6.08 Å². The summed E-state index contributed by atoms with van der Waals surface area (Å²) in [5.41, 5.74) is 1.73. The van der Waals surface area contributed by atoms with Gasteiger partial charge in [-0.15, -0.1) is 0 Å². The first kappa shape index (κ1) is 23.7. The number of alkyl carbamates (subject to hydrolysis) is 1. The summed E-state index contributed by atoms with van der Waals surface area (Å²) in [4.78, 5) is 36.0. The lowest BCUT2D eigenvalue weighted by Crippen LogP contribution is -2.34. The van der Waals surface area contributed by atoms with Crippen molar-refractivity contribution in [2.75, 3.05) is 11.9 Å². The molecule has 0 unspecified atom stereocenters. The van der Waals surface area contributed by atoms with E-state index in [1.54, 1.807) is 39.0 Å². The van der Waals surface area contributed by atoms with Gasteiger partial charge in [0, 0.05) is 31.3 Å². The number of amides is 3. The van der Waals surface area contributed by atoms with E-state index in [1.165, 1.54) is 6.08 Å². The van der Waals surface area contributed by atoms with Gasteiger partial charge in [0.05, 0.1) is 0 Å². The van der Waals surface area contributed by atoms with Crippen molar-refractivity contribution in [3.8, 4) is 0 Å². The normalized spacial score (nSPS) is 11.1. The van der Waals surface area contributed by atoms with Crippen LogP contribution in [0.4, 0.5) is 10.5 Å². The van der Waals surface area contributed by atoms with Crippen LogP contribution in [0.15, 0.2) is 60.7 Å². The van der Waals surface area contributed by atoms with Crippen LogP contribution in [-0.4, -0.2) is 30.1 Å². The predicted molar refractivity (Wildman–Crippen MR) is 121 cm³/mol. The molecule has 0 aromatic heterocycles. The lowest BCUT2D eigenvalue weighted by Gasteiger charge is -2.19. The number of para-hydroxylation sites is 1. The van der Waals surface area contributed by atoms with E-state index in [9.17, 15) is 14.4 Å². The molecule has 164 valence electrons. The summed E-state index contributed by atoms with van der Waals surface area (Å²) >= 11 is 0. The van der Waals surface area contributed by atoms with E-state index in [-0.39, 0.29) is 31.3 Å². The second-order valence-electron chi connectivity index (χ2n) is 7.85. The summed E-state index contributed by atoms with van der Waals surface area (Å²) in [6, 6.07) is 16.8. The van der Waals surface area contributed by atoms with E-state index in [1.807, 2.05) is 42.5 Å². The lowest BCUT2D eigenvalue weighted by atomic mass is 10.1. The molecule has 0 saturated heterocycles. The van der Waals surface area contributed by atoms with E-state index in [2.05, 4.69) is 16.0 Å². The molecule has 0 aliphatic carbocycles. The molecule has 0 spiro atoms. The van der Waals surface area contributed by atoms with Crippen LogP contribution in [0.2, 0.25) is 0 Å². The highest BCUT2D eigenvalue weighted by Crippen LogP contribution is 2.15. The molecule has 0 saturated carbocycles. The van der Waals surface area contributed by atoms with Crippen LogP contribution in [0.1, 0.15) is 38.3 Å². The largest absolute Gasteiger partial charge is 0.444 e. The summed E-state index contributed by atoms with van der Waals surface area (Å²) in [5, 5.41) is 8.18. The van der Waals surface area contributed by atoms with Gasteiger partial charge >= 0.3 is 6.09 Å². The number of hydrogen-bond donors (Lipinski definition) is 3. The number of nitrogens with one attached hydrogen (secondary N) is 3. The number of carbonyl (C=O) groups excluding carboxylic acids is 3. The molecule has 0 aliphatic rings. The smallest absolute Gasteiger partial charge is 0.407 e. The number of carbonyl (C=O) groups is 3. The Morgan fingerprint density at radius 1 is 0.935 bits per heavy atom. The molecule has 0 fully saturated rings. The fourth-order valence-corrected chi connectivity index (χ4v) is 2.58. The Balaban J connectivity index is 1.81. The molecule has 0 atom stereocenters. The van der Waals surface area contributed by atoms with Gasteiger partial charge in [0.2, 0.25) is 11.8 Å². The van der Waals surface area contributed by atoms with Gasteiger partial charge in [0.1, 0.15) is 5.60 Å². The van der Waals surface area contributed by atoms with Gasteiger partial charge in [-0.3, -0.25) is 9.59 Å². The van der Waals surface area contributed by atoms with Crippen molar-refractivity contribution >= 4 is 29.7 Å². The maximum absolute atomic E-state index is 12.2.